The van der Waals surface area contributed by atoms with Crippen LogP contribution in [-0.2, 0) is 11.3 Å². The van der Waals surface area contributed by atoms with Crippen LogP contribution in [0.3, 0.4) is 0 Å². The van der Waals surface area contributed by atoms with E-state index in [-0.39, 0.29) is 11.9 Å². The quantitative estimate of drug-likeness (QED) is 0.838. The number of carbonyl (C=O) groups excluding carboxylic acids is 1. The summed E-state index contributed by atoms with van der Waals surface area (Å²) in [4.78, 5) is 17.7. The van der Waals surface area contributed by atoms with E-state index in [9.17, 15) is 4.79 Å². The van der Waals surface area contributed by atoms with E-state index in [2.05, 4.69) is 10.3 Å². The highest BCUT2D eigenvalue weighted by Crippen LogP contribution is 2.00. The van der Waals surface area contributed by atoms with E-state index in [4.69, 9.17) is 0 Å². The molecule has 0 saturated heterocycles. The molecule has 1 aromatic heterocycles. The van der Waals surface area contributed by atoms with Crippen molar-refractivity contribution >= 4 is 5.91 Å². The monoisotopic (exact) mass is 235 g/mol. The maximum atomic E-state index is 11.8. The lowest BCUT2D eigenvalue weighted by Gasteiger charge is -2.20. The minimum Gasteiger partial charge on any atom is -0.345 e. The van der Waals surface area contributed by atoms with Crippen molar-refractivity contribution in [1.29, 1.82) is 0 Å². The van der Waals surface area contributed by atoms with Crippen molar-refractivity contribution in [3.8, 4) is 0 Å². The van der Waals surface area contributed by atoms with Gasteiger partial charge < -0.3 is 10.2 Å². The highest BCUT2D eigenvalue weighted by molar-refractivity contribution is 5.81. The molecule has 0 aliphatic carbocycles. The van der Waals surface area contributed by atoms with Gasteiger partial charge >= 0.3 is 0 Å². The fourth-order valence-electron chi connectivity index (χ4n) is 1.45. The number of carbonyl (C=O) groups is 1. The molecule has 0 aliphatic heterocycles. The lowest BCUT2D eigenvalue weighted by atomic mass is 10.2. The van der Waals surface area contributed by atoms with E-state index in [0.29, 0.717) is 6.54 Å². The fraction of sp³-hybridized carbons (Fsp3) is 0.538. The first-order valence-electron chi connectivity index (χ1n) is 5.94. The molecule has 1 amide bonds. The van der Waals surface area contributed by atoms with Crippen LogP contribution in [0.5, 0.6) is 0 Å². The van der Waals surface area contributed by atoms with Gasteiger partial charge in [0.2, 0.25) is 5.91 Å². The summed E-state index contributed by atoms with van der Waals surface area (Å²) in [5, 5.41) is 3.20. The van der Waals surface area contributed by atoms with Crippen molar-refractivity contribution in [1.82, 2.24) is 15.2 Å². The van der Waals surface area contributed by atoms with Crippen LogP contribution in [0.15, 0.2) is 18.3 Å². The molecule has 1 rings (SSSR count). The molecule has 1 atom stereocenters. The third-order valence-electron chi connectivity index (χ3n) is 2.81. The van der Waals surface area contributed by atoms with Gasteiger partial charge in [-0.25, -0.2) is 0 Å². The summed E-state index contributed by atoms with van der Waals surface area (Å²) in [6.07, 6.45) is 1.84. The van der Waals surface area contributed by atoms with Crippen LogP contribution in [0.4, 0.5) is 0 Å². The number of rotatable bonds is 5. The minimum absolute atomic E-state index is 0.118. The van der Waals surface area contributed by atoms with Crippen molar-refractivity contribution in [3.63, 3.8) is 0 Å². The van der Waals surface area contributed by atoms with Crippen LogP contribution < -0.4 is 5.32 Å². The number of hydrogen-bond acceptors (Lipinski definition) is 3. The van der Waals surface area contributed by atoms with Crippen molar-refractivity contribution in [3.05, 3.63) is 29.6 Å². The van der Waals surface area contributed by atoms with Crippen LogP contribution in [0.25, 0.3) is 0 Å². The summed E-state index contributed by atoms with van der Waals surface area (Å²) in [6.45, 7) is 7.21. The Morgan fingerprint density at radius 3 is 2.76 bits per heavy atom. The van der Waals surface area contributed by atoms with Crippen LogP contribution in [0.1, 0.15) is 25.1 Å². The van der Waals surface area contributed by atoms with Crippen LogP contribution >= 0.6 is 0 Å². The molecular formula is C13H21N3O. The first-order valence-corrected chi connectivity index (χ1v) is 5.94. The number of nitrogens with one attached hydrogen (secondary N) is 1. The third kappa shape index (κ3) is 4.15. The average molecular weight is 235 g/mol. The second-order valence-electron chi connectivity index (χ2n) is 4.26. The van der Waals surface area contributed by atoms with Gasteiger partial charge in [0, 0.05) is 32.0 Å². The Kier molecular flexibility index (Phi) is 5.10. The molecule has 4 heteroatoms. The normalized spacial score (nSPS) is 12.2. The number of hydrogen-bond donors (Lipinski definition) is 1. The lowest BCUT2D eigenvalue weighted by molar-refractivity contribution is -0.131. The smallest absolute Gasteiger partial charge is 0.239 e. The molecule has 17 heavy (non-hydrogen) atoms. The van der Waals surface area contributed by atoms with Gasteiger partial charge in [0.25, 0.3) is 0 Å². The van der Waals surface area contributed by atoms with Gasteiger partial charge in [-0.1, -0.05) is 6.07 Å². The molecule has 0 saturated carbocycles. The van der Waals surface area contributed by atoms with E-state index in [1.165, 1.54) is 0 Å². The van der Waals surface area contributed by atoms with Gasteiger partial charge in [0.15, 0.2) is 0 Å². The summed E-state index contributed by atoms with van der Waals surface area (Å²) in [5.41, 5.74) is 2.10. The zero-order valence-electron chi connectivity index (χ0n) is 11.0. The lowest BCUT2D eigenvalue weighted by Crippen LogP contribution is -2.42. The largest absolute Gasteiger partial charge is 0.345 e. The third-order valence-corrected chi connectivity index (χ3v) is 2.81. The number of likely N-dealkylation sites (N-methyl/N-ethyl adjacent to an activating group) is 1. The van der Waals surface area contributed by atoms with E-state index in [1.54, 1.807) is 4.90 Å². The molecule has 1 heterocycles. The second kappa shape index (κ2) is 6.35. The minimum atomic E-state index is -0.166. The van der Waals surface area contributed by atoms with Gasteiger partial charge in [-0.05, 0) is 32.4 Å². The van der Waals surface area contributed by atoms with Gasteiger partial charge in [0.05, 0.1) is 6.04 Å². The van der Waals surface area contributed by atoms with Crippen molar-refractivity contribution < 1.29 is 4.79 Å². The SMILES string of the molecule is CCN(C)C(=O)C(C)NCc1ccc(C)nc1. The highest BCUT2D eigenvalue weighted by Gasteiger charge is 2.15. The summed E-state index contributed by atoms with van der Waals surface area (Å²) >= 11 is 0. The molecule has 0 bridgehead atoms. The van der Waals surface area contributed by atoms with Gasteiger partial charge in [-0.2, -0.15) is 0 Å². The topological polar surface area (TPSA) is 45.2 Å². The van der Waals surface area contributed by atoms with E-state index < -0.39 is 0 Å². The standard InChI is InChI=1S/C13H21N3O/c1-5-16(4)13(17)11(3)15-9-12-7-6-10(2)14-8-12/h6-8,11,15H,5,9H2,1-4H3. The van der Waals surface area contributed by atoms with Crippen molar-refractivity contribution in [2.24, 2.45) is 0 Å². The van der Waals surface area contributed by atoms with Crippen molar-refractivity contribution in [2.45, 2.75) is 33.4 Å². The summed E-state index contributed by atoms with van der Waals surface area (Å²) in [7, 11) is 1.81. The molecule has 1 aromatic rings. The Morgan fingerprint density at radius 1 is 1.53 bits per heavy atom. The van der Waals surface area contributed by atoms with E-state index >= 15 is 0 Å². The van der Waals surface area contributed by atoms with Gasteiger partial charge in [-0.15, -0.1) is 0 Å². The fourth-order valence-corrected chi connectivity index (χ4v) is 1.45. The summed E-state index contributed by atoms with van der Waals surface area (Å²) < 4.78 is 0. The predicted molar refractivity (Wildman–Crippen MR) is 68.6 cm³/mol. The molecule has 4 nitrogen and oxygen atoms in total. The Morgan fingerprint density at radius 2 is 2.24 bits per heavy atom. The second-order valence-corrected chi connectivity index (χ2v) is 4.26. The van der Waals surface area contributed by atoms with E-state index in [1.807, 2.05) is 46.1 Å². The molecular weight excluding hydrogens is 214 g/mol. The Balaban J connectivity index is 2.45. The van der Waals surface area contributed by atoms with Crippen LogP contribution in [0.2, 0.25) is 0 Å². The molecule has 0 radical (unpaired) electrons. The number of nitrogens with zero attached hydrogens (tertiary/aromatic N) is 2. The Bertz CT molecular complexity index is 361. The molecule has 0 aliphatic rings. The first-order chi connectivity index (χ1) is 8.04. The van der Waals surface area contributed by atoms with Crippen LogP contribution in [-0.4, -0.2) is 35.4 Å². The number of aromatic nitrogens is 1. The maximum Gasteiger partial charge on any atom is 0.239 e. The first kappa shape index (κ1) is 13.6. The molecule has 1 unspecified atom stereocenters. The zero-order chi connectivity index (χ0) is 12.8. The van der Waals surface area contributed by atoms with Gasteiger partial charge in [-0.3, -0.25) is 9.78 Å². The maximum absolute atomic E-state index is 11.8. The average Bonchev–Trinajstić information content (AvgIpc) is 2.35. The number of amides is 1. The Hall–Kier alpha value is -1.42. The molecule has 1 N–H and O–H groups in total. The summed E-state index contributed by atoms with van der Waals surface area (Å²) in [5.74, 6) is 0.118. The molecule has 0 aromatic carbocycles. The van der Waals surface area contributed by atoms with Gasteiger partial charge in [0.1, 0.15) is 0 Å². The highest BCUT2D eigenvalue weighted by atomic mass is 16.2. The Labute approximate surface area is 103 Å². The zero-order valence-corrected chi connectivity index (χ0v) is 11.0. The molecule has 0 spiro atoms. The predicted octanol–water partition coefficient (Wildman–Crippen LogP) is 1.35. The summed E-state index contributed by atoms with van der Waals surface area (Å²) in [6, 6.07) is 3.83. The molecule has 94 valence electrons. The van der Waals surface area contributed by atoms with Crippen LogP contribution in [0, 0.1) is 6.92 Å². The van der Waals surface area contributed by atoms with E-state index in [0.717, 1.165) is 17.8 Å². The molecule has 0 fully saturated rings. The number of aryl methyl sites for hydroxylation is 1. The van der Waals surface area contributed by atoms with Crippen molar-refractivity contribution in [2.75, 3.05) is 13.6 Å². The number of pyridine rings is 1.